The lowest BCUT2D eigenvalue weighted by Gasteiger charge is -2.36. The molecule has 2 unspecified atom stereocenters. The second kappa shape index (κ2) is 10.5. The SMILES string of the molecule is CCCCCCCCCCCCN1C(N(C)C)=NC2C1C(=O)NC(=O)N2C. The fourth-order valence-corrected chi connectivity index (χ4v) is 3.89. The van der Waals surface area contributed by atoms with Crippen LogP contribution in [0.4, 0.5) is 4.79 Å². The van der Waals surface area contributed by atoms with E-state index in [1.54, 1.807) is 7.05 Å². The number of guanidine groups is 1. The van der Waals surface area contributed by atoms with Gasteiger partial charge in [-0.05, 0) is 6.42 Å². The van der Waals surface area contributed by atoms with E-state index >= 15 is 0 Å². The Kier molecular flexibility index (Phi) is 8.38. The lowest BCUT2D eigenvalue weighted by Crippen LogP contribution is -2.64. The van der Waals surface area contributed by atoms with Crippen LogP contribution in [0.1, 0.15) is 71.1 Å². The molecule has 0 aliphatic carbocycles. The molecular weight excluding hydrogens is 342 g/mol. The Balaban J connectivity index is 1.75. The fourth-order valence-electron chi connectivity index (χ4n) is 3.89. The van der Waals surface area contributed by atoms with Gasteiger partial charge in [0.05, 0.1) is 0 Å². The summed E-state index contributed by atoms with van der Waals surface area (Å²) in [6.45, 7) is 3.05. The van der Waals surface area contributed by atoms with Gasteiger partial charge in [-0.15, -0.1) is 0 Å². The zero-order chi connectivity index (χ0) is 19.8. The van der Waals surface area contributed by atoms with Crippen LogP contribution in [-0.2, 0) is 4.79 Å². The molecule has 2 atom stereocenters. The van der Waals surface area contributed by atoms with Crippen LogP contribution in [0.25, 0.3) is 0 Å². The van der Waals surface area contributed by atoms with Crippen molar-refractivity contribution in [3.8, 4) is 0 Å². The molecular formula is C20H37N5O2. The minimum absolute atomic E-state index is 0.240. The van der Waals surface area contributed by atoms with Crippen LogP contribution in [0.3, 0.4) is 0 Å². The lowest BCUT2D eigenvalue weighted by atomic mass is 10.1. The molecule has 2 heterocycles. The first kappa shape index (κ1) is 21.5. The Morgan fingerprint density at radius 3 is 2.07 bits per heavy atom. The fraction of sp³-hybridized carbons (Fsp3) is 0.850. The van der Waals surface area contributed by atoms with Crippen LogP contribution >= 0.6 is 0 Å². The van der Waals surface area contributed by atoms with Gasteiger partial charge in [0.15, 0.2) is 18.2 Å². The Morgan fingerprint density at radius 2 is 1.52 bits per heavy atom. The average molecular weight is 380 g/mol. The number of carbonyl (C=O) groups is 2. The minimum atomic E-state index is -0.424. The minimum Gasteiger partial charge on any atom is -0.349 e. The molecule has 1 N–H and O–H groups in total. The molecule has 0 radical (unpaired) electrons. The van der Waals surface area contributed by atoms with Gasteiger partial charge in [0.1, 0.15) is 0 Å². The highest BCUT2D eigenvalue weighted by molar-refractivity contribution is 6.03. The van der Waals surface area contributed by atoms with Crippen molar-refractivity contribution >= 4 is 17.9 Å². The maximum absolute atomic E-state index is 12.4. The van der Waals surface area contributed by atoms with Crippen molar-refractivity contribution in [2.75, 3.05) is 27.7 Å². The molecule has 0 bridgehead atoms. The van der Waals surface area contributed by atoms with Crippen LogP contribution in [0.15, 0.2) is 4.99 Å². The number of fused-ring (bicyclic) bond motifs is 1. The van der Waals surface area contributed by atoms with Gasteiger partial charge in [0, 0.05) is 27.7 Å². The number of hydrogen-bond acceptors (Lipinski definition) is 5. The van der Waals surface area contributed by atoms with Gasteiger partial charge in [-0.25, -0.2) is 9.79 Å². The summed E-state index contributed by atoms with van der Waals surface area (Å²) < 4.78 is 0. The predicted molar refractivity (Wildman–Crippen MR) is 109 cm³/mol. The smallest absolute Gasteiger partial charge is 0.325 e. The molecule has 1 fully saturated rings. The van der Waals surface area contributed by atoms with E-state index in [0.717, 1.165) is 18.9 Å². The summed E-state index contributed by atoms with van der Waals surface area (Å²) in [4.78, 5) is 34.4. The maximum atomic E-state index is 12.4. The van der Waals surface area contributed by atoms with Crippen molar-refractivity contribution in [2.24, 2.45) is 4.99 Å². The van der Waals surface area contributed by atoms with Crippen molar-refractivity contribution in [2.45, 2.75) is 83.3 Å². The molecule has 3 amide bonds. The summed E-state index contributed by atoms with van der Waals surface area (Å²) in [5.74, 6) is 0.549. The van der Waals surface area contributed by atoms with Gasteiger partial charge in [0.25, 0.3) is 5.91 Å². The third kappa shape index (κ3) is 5.59. The molecule has 2 aliphatic heterocycles. The number of carbonyl (C=O) groups excluding carboxylic acids is 2. The number of rotatable bonds is 11. The van der Waals surface area contributed by atoms with E-state index in [-0.39, 0.29) is 11.9 Å². The quantitative estimate of drug-likeness (QED) is 0.560. The molecule has 0 aromatic rings. The average Bonchev–Trinajstić information content (AvgIpc) is 3.02. The molecule has 154 valence electrons. The number of urea groups is 1. The molecule has 7 heteroatoms. The molecule has 27 heavy (non-hydrogen) atoms. The number of amides is 3. The van der Waals surface area contributed by atoms with Crippen LogP contribution in [0.2, 0.25) is 0 Å². The zero-order valence-electron chi connectivity index (χ0n) is 17.5. The first-order valence-electron chi connectivity index (χ1n) is 10.6. The summed E-state index contributed by atoms with van der Waals surface area (Å²) in [5, 5.41) is 2.44. The summed E-state index contributed by atoms with van der Waals surface area (Å²) in [7, 11) is 5.56. The van der Waals surface area contributed by atoms with Crippen molar-refractivity contribution in [3.05, 3.63) is 0 Å². The van der Waals surface area contributed by atoms with Gasteiger partial charge in [-0.3, -0.25) is 10.1 Å². The largest absolute Gasteiger partial charge is 0.349 e. The third-order valence-corrected chi connectivity index (χ3v) is 5.49. The lowest BCUT2D eigenvalue weighted by molar-refractivity contribution is -0.127. The summed E-state index contributed by atoms with van der Waals surface area (Å²) in [5.41, 5.74) is 0. The van der Waals surface area contributed by atoms with Crippen LogP contribution in [-0.4, -0.2) is 72.5 Å². The van der Waals surface area contributed by atoms with Crippen molar-refractivity contribution in [3.63, 3.8) is 0 Å². The zero-order valence-corrected chi connectivity index (χ0v) is 17.5. The maximum Gasteiger partial charge on any atom is 0.325 e. The number of likely N-dealkylation sites (N-methyl/N-ethyl adjacent to an activating group) is 1. The number of unbranched alkanes of at least 4 members (excludes halogenated alkanes) is 9. The van der Waals surface area contributed by atoms with Gasteiger partial charge < -0.3 is 14.7 Å². The first-order valence-corrected chi connectivity index (χ1v) is 10.6. The van der Waals surface area contributed by atoms with Gasteiger partial charge >= 0.3 is 6.03 Å². The highest BCUT2D eigenvalue weighted by atomic mass is 16.2. The molecule has 0 saturated carbocycles. The van der Waals surface area contributed by atoms with Crippen LogP contribution < -0.4 is 5.32 Å². The summed E-state index contributed by atoms with van der Waals surface area (Å²) in [6.07, 6.45) is 12.4. The molecule has 0 aromatic carbocycles. The number of imide groups is 1. The summed E-state index contributed by atoms with van der Waals surface area (Å²) in [6, 6.07) is -0.785. The Labute approximate surface area is 164 Å². The number of nitrogens with zero attached hydrogens (tertiary/aromatic N) is 4. The molecule has 2 rings (SSSR count). The van der Waals surface area contributed by atoms with Gasteiger partial charge in [-0.2, -0.15) is 0 Å². The molecule has 7 nitrogen and oxygen atoms in total. The summed E-state index contributed by atoms with van der Waals surface area (Å²) >= 11 is 0. The van der Waals surface area contributed by atoms with Crippen LogP contribution in [0, 0.1) is 0 Å². The van der Waals surface area contributed by atoms with E-state index in [4.69, 9.17) is 0 Å². The molecule has 1 saturated heterocycles. The number of aliphatic imine (C=N–C) groups is 1. The Bertz CT molecular complexity index is 534. The standard InChI is InChI=1S/C20H37N5O2/c1-5-6-7-8-9-10-11-12-13-14-15-25-16-17(21-19(25)23(2)3)24(4)20(27)22-18(16)26/h16-17H,5-15H2,1-4H3,(H,22,26,27). The number of nitrogens with one attached hydrogen (secondary N) is 1. The van der Waals surface area contributed by atoms with E-state index in [1.807, 2.05) is 19.0 Å². The molecule has 2 aliphatic rings. The van der Waals surface area contributed by atoms with E-state index in [1.165, 1.54) is 62.7 Å². The van der Waals surface area contributed by atoms with Crippen molar-refractivity contribution < 1.29 is 9.59 Å². The normalized spacial score (nSPS) is 22.0. The predicted octanol–water partition coefficient (Wildman–Crippen LogP) is 3.02. The Hall–Kier alpha value is -1.79. The third-order valence-electron chi connectivity index (χ3n) is 5.49. The first-order chi connectivity index (χ1) is 13.0. The second-order valence-corrected chi connectivity index (χ2v) is 7.96. The van der Waals surface area contributed by atoms with E-state index in [0.29, 0.717) is 0 Å². The van der Waals surface area contributed by atoms with E-state index in [2.05, 4.69) is 22.1 Å². The van der Waals surface area contributed by atoms with E-state index < -0.39 is 12.2 Å². The Morgan fingerprint density at radius 1 is 0.963 bits per heavy atom. The van der Waals surface area contributed by atoms with Crippen molar-refractivity contribution in [1.82, 2.24) is 20.0 Å². The van der Waals surface area contributed by atoms with Gasteiger partial charge in [-0.1, -0.05) is 64.7 Å². The van der Waals surface area contributed by atoms with Crippen molar-refractivity contribution in [1.29, 1.82) is 0 Å². The highest BCUT2D eigenvalue weighted by Gasteiger charge is 2.48. The molecule has 0 aromatic heterocycles. The van der Waals surface area contributed by atoms with Gasteiger partial charge in [0.2, 0.25) is 0 Å². The highest BCUT2D eigenvalue weighted by Crippen LogP contribution is 2.25. The second-order valence-electron chi connectivity index (χ2n) is 7.96. The molecule has 0 spiro atoms. The van der Waals surface area contributed by atoms with E-state index in [9.17, 15) is 9.59 Å². The number of hydrogen-bond donors (Lipinski definition) is 1. The monoisotopic (exact) mass is 379 g/mol. The topological polar surface area (TPSA) is 68.2 Å². The van der Waals surface area contributed by atoms with Crippen LogP contribution in [0.5, 0.6) is 0 Å².